The Morgan fingerprint density at radius 2 is 1.04 bits per heavy atom. The number of rotatable bonds is 37. The van der Waals surface area contributed by atoms with Crippen molar-refractivity contribution in [1.29, 1.82) is 0 Å². The number of fused-ring (bicyclic) bond motifs is 1. The molecule has 1 aliphatic rings. The minimum absolute atomic E-state index is 0.00713. The number of amides is 15. The molecule has 1 saturated heterocycles. The summed E-state index contributed by atoms with van der Waals surface area (Å²) in [5.74, 6) is -30.3. The number of carboxylic acid groups (broad SMARTS) is 4. The van der Waals surface area contributed by atoms with E-state index in [1.165, 1.54) is 13.8 Å². The number of carbonyl (C=O) groups is 20. The van der Waals surface area contributed by atoms with Crippen LogP contribution in [0.2, 0.25) is 0 Å². The molecule has 2 heterocycles. The molecular formula is C71H107N17O26. The second-order valence-corrected chi connectivity index (χ2v) is 28.0. The van der Waals surface area contributed by atoms with E-state index >= 15 is 0 Å². The molecule has 0 bridgehead atoms. The number of aliphatic hydroxyl groups excluding tert-OH is 1. The highest BCUT2D eigenvalue weighted by atomic mass is 16.5. The van der Waals surface area contributed by atoms with E-state index in [0.717, 1.165) is 52.4 Å². The number of hydrogen-bond acceptors (Lipinski definition) is 23. The van der Waals surface area contributed by atoms with E-state index in [0.29, 0.717) is 35.2 Å². The normalized spacial score (nSPS) is 21.6. The lowest BCUT2D eigenvalue weighted by atomic mass is 9.95. The van der Waals surface area contributed by atoms with Crippen molar-refractivity contribution in [3.8, 4) is 0 Å². The average molecular weight is 1610 g/mol. The summed E-state index contributed by atoms with van der Waals surface area (Å²) < 4.78 is 5.66. The van der Waals surface area contributed by atoms with E-state index in [4.69, 9.17) is 21.9 Å². The number of carboxylic acids is 4. The highest BCUT2D eigenvalue weighted by Gasteiger charge is 2.41. The van der Waals surface area contributed by atoms with Crippen LogP contribution in [-0.4, -0.2) is 248 Å². The number of H-pyrrole nitrogens is 1. The lowest BCUT2D eigenvalue weighted by Crippen LogP contribution is -2.62. The number of aliphatic hydroxyl groups is 1. The van der Waals surface area contributed by atoms with Gasteiger partial charge in [0.15, 0.2) is 0 Å². The van der Waals surface area contributed by atoms with Crippen LogP contribution in [0.4, 0.5) is 0 Å². The summed E-state index contributed by atoms with van der Waals surface area (Å²) in [5.41, 5.74) is 17.8. The Morgan fingerprint density at radius 3 is 1.59 bits per heavy atom. The first-order valence-electron chi connectivity index (χ1n) is 37.1. The highest BCUT2D eigenvalue weighted by Crippen LogP contribution is 2.21. The molecule has 14 atom stereocenters. The monoisotopic (exact) mass is 1610 g/mol. The van der Waals surface area contributed by atoms with Crippen LogP contribution >= 0.6 is 0 Å². The number of aromatic amines is 1. The summed E-state index contributed by atoms with van der Waals surface area (Å²) in [7, 11) is 0. The SMILES string of the molecule is CCC(C)CCCCCCCCC(=O)NC(Cc1c[nH]c2ccccc12)C(=O)NC(CC(N)=O)C(=O)NC(CC(=O)O)C(=O)NC1C(=O)NCC(=O)NC(CCCN)C(=O)NC(CC(=O)O)C(=O)NC(CC(N)=O)C(=O)NC(CC(=O)O)C(=O)NCC(=O)NC(CO)C(=O)NC(C(C)CC(=O)O)C(=O)NC(C(C)C)C(=O)OC1C. The first-order valence-corrected chi connectivity index (χ1v) is 37.1. The van der Waals surface area contributed by atoms with Gasteiger partial charge in [0.2, 0.25) is 88.6 Å². The number of nitrogens with two attached hydrogens (primary N) is 3. The summed E-state index contributed by atoms with van der Waals surface area (Å²) in [6.45, 7) is 5.18. The van der Waals surface area contributed by atoms with Gasteiger partial charge in [-0.25, -0.2) is 4.79 Å². The molecule has 632 valence electrons. The third-order valence-corrected chi connectivity index (χ3v) is 18.2. The number of benzene rings is 1. The van der Waals surface area contributed by atoms with Crippen molar-refractivity contribution in [2.24, 2.45) is 35.0 Å². The molecule has 0 aliphatic carbocycles. The fourth-order valence-corrected chi connectivity index (χ4v) is 11.7. The Morgan fingerprint density at radius 1 is 0.535 bits per heavy atom. The molecule has 0 spiro atoms. The molecule has 2 aromatic rings. The fourth-order valence-electron chi connectivity index (χ4n) is 11.7. The number of unbranched alkanes of at least 4 members (excludes halogenated alkanes) is 5. The molecule has 114 heavy (non-hydrogen) atoms. The molecule has 3 rings (SSSR count). The first-order chi connectivity index (χ1) is 53.7. The first kappa shape index (κ1) is 96.3. The molecule has 43 nitrogen and oxygen atoms in total. The second-order valence-electron chi connectivity index (χ2n) is 28.0. The number of cyclic esters (lactones) is 1. The summed E-state index contributed by atoms with van der Waals surface area (Å²) in [5, 5.41) is 78.5. The van der Waals surface area contributed by atoms with Crippen molar-refractivity contribution < 1.29 is 126 Å². The summed E-state index contributed by atoms with van der Waals surface area (Å²) in [6, 6.07) is -15.6. The van der Waals surface area contributed by atoms with E-state index in [2.05, 4.69) is 66.7 Å². The Labute approximate surface area is 654 Å². The standard InChI is InChI=1S/C71H107N17O26/c1-7-35(4)17-12-10-8-9-11-13-21-51(92)79-42(24-38-30-75-40-19-15-14-18-39(38)40)63(105)81-44(26-50(74)91)65(107)85-47(29-57(101)102)67(109)88-60-37(6)114-71(113)58(34(2)3)86-70(112)59(36(5)23-54(95)96)87-68(110)48(33-89)80-53(94)31-76-61(103)45(27-55(97)98)83-64(106)43(25-49(73)90)82-66(108)46(28-56(99)100)84-62(104)41(20-16-22-72)78-52(93)32-77-69(60)111/h14-15,18-19,30,34-37,41-48,58-60,75,89H,7-13,16-17,20-29,31-33,72H2,1-6H3,(H2,73,90)(H2,74,91)(H,76,103)(H,77,111)(H,78,93)(H,79,92)(H,80,94)(H,81,105)(H,82,108)(H,83,106)(H,84,104)(H,85,107)(H,86,112)(H,87,110)(H,88,109)(H,95,96)(H,97,98)(H,99,100)(H,101,102). The van der Waals surface area contributed by atoms with Crippen molar-refractivity contribution >= 4 is 129 Å². The van der Waals surface area contributed by atoms with Gasteiger partial charge >= 0.3 is 29.8 Å². The lowest BCUT2D eigenvalue weighted by Gasteiger charge is -2.31. The lowest BCUT2D eigenvalue weighted by molar-refractivity contribution is -0.157. The average Bonchev–Trinajstić information content (AvgIpc) is 1.38. The van der Waals surface area contributed by atoms with Crippen molar-refractivity contribution in [2.75, 3.05) is 26.2 Å². The largest absolute Gasteiger partial charge is 0.481 e. The van der Waals surface area contributed by atoms with Crippen LogP contribution in [-0.2, 0) is 107 Å². The zero-order chi connectivity index (χ0) is 85.6. The van der Waals surface area contributed by atoms with Gasteiger partial charge in [-0.2, -0.15) is 0 Å². The smallest absolute Gasteiger partial charge is 0.329 e. The van der Waals surface area contributed by atoms with Gasteiger partial charge < -0.3 is 122 Å². The predicted molar refractivity (Wildman–Crippen MR) is 397 cm³/mol. The molecule has 43 heteroatoms. The molecule has 25 N–H and O–H groups in total. The third kappa shape index (κ3) is 34.4. The fraction of sp³-hybridized carbons (Fsp3) is 0.606. The molecule has 1 aromatic carbocycles. The van der Waals surface area contributed by atoms with Crippen molar-refractivity contribution in [2.45, 2.75) is 230 Å². The van der Waals surface area contributed by atoms with Crippen LogP contribution < -0.4 is 86.3 Å². The molecule has 1 fully saturated rings. The van der Waals surface area contributed by atoms with Crippen LogP contribution in [0.25, 0.3) is 10.9 Å². The molecule has 0 radical (unpaired) electrons. The molecule has 15 amide bonds. The van der Waals surface area contributed by atoms with Gasteiger partial charge in [-0.3, -0.25) is 91.1 Å². The highest BCUT2D eigenvalue weighted by molar-refractivity contribution is 6.02. The minimum atomic E-state index is -2.35. The van der Waals surface area contributed by atoms with Gasteiger partial charge in [0.1, 0.15) is 72.6 Å². The molecule has 1 aliphatic heterocycles. The summed E-state index contributed by atoms with van der Waals surface area (Å²) in [4.78, 5) is 274. The minimum Gasteiger partial charge on any atom is -0.481 e. The van der Waals surface area contributed by atoms with Gasteiger partial charge in [-0.05, 0) is 62.1 Å². The van der Waals surface area contributed by atoms with E-state index in [9.17, 15) is 121 Å². The van der Waals surface area contributed by atoms with E-state index < -0.39 is 267 Å². The molecule has 14 unspecified atom stereocenters. The summed E-state index contributed by atoms with van der Waals surface area (Å²) >= 11 is 0. The predicted octanol–water partition coefficient (Wildman–Crippen LogP) is -5.94. The number of ether oxygens (including phenoxy) is 1. The van der Waals surface area contributed by atoms with Gasteiger partial charge in [0, 0.05) is 29.9 Å². The third-order valence-electron chi connectivity index (χ3n) is 18.2. The molecule has 1 aromatic heterocycles. The number of esters is 1. The maximum atomic E-state index is 14.7. The topological polar surface area (TPSA) is 702 Å². The number of hydrogen-bond donors (Lipinski definition) is 22. The second kappa shape index (κ2) is 48.8. The number of para-hydroxylation sites is 1. The maximum absolute atomic E-state index is 14.7. The number of nitrogens with one attached hydrogen (secondary N) is 14. The number of primary amides is 2. The van der Waals surface area contributed by atoms with Crippen molar-refractivity contribution in [1.82, 2.24) is 74.1 Å². The van der Waals surface area contributed by atoms with Gasteiger partial charge in [-0.15, -0.1) is 0 Å². The summed E-state index contributed by atoms with van der Waals surface area (Å²) in [6.07, 6.45) is -0.968. The quantitative estimate of drug-likeness (QED) is 0.0221. The number of carbonyl (C=O) groups excluding carboxylic acids is 16. The van der Waals surface area contributed by atoms with Gasteiger partial charge in [0.25, 0.3) is 0 Å². The zero-order valence-electron chi connectivity index (χ0n) is 64.1. The Bertz CT molecular complexity index is 3780. The molecular weight excluding hydrogens is 1510 g/mol. The van der Waals surface area contributed by atoms with Crippen LogP contribution in [0.5, 0.6) is 0 Å². The van der Waals surface area contributed by atoms with E-state index in [1.54, 1.807) is 30.5 Å². The van der Waals surface area contributed by atoms with Crippen LogP contribution in [0.15, 0.2) is 30.5 Å². The zero-order valence-corrected chi connectivity index (χ0v) is 64.1. The molecule has 0 saturated carbocycles. The van der Waals surface area contributed by atoms with E-state index in [1.807, 2.05) is 21.3 Å². The van der Waals surface area contributed by atoms with E-state index in [-0.39, 0.29) is 25.8 Å². The number of aliphatic carboxylic acids is 4. The van der Waals surface area contributed by atoms with Gasteiger partial charge in [0.05, 0.1) is 58.2 Å². The Balaban J connectivity index is 2.20. The van der Waals surface area contributed by atoms with Gasteiger partial charge in [-0.1, -0.05) is 97.8 Å². The Kier molecular flexibility index (Phi) is 41.2. The Hall–Kier alpha value is -11.9. The van der Waals surface area contributed by atoms with Crippen molar-refractivity contribution in [3.05, 3.63) is 36.0 Å². The van der Waals surface area contributed by atoms with Crippen LogP contribution in [0.1, 0.15) is 156 Å². The number of aromatic nitrogens is 1. The van der Waals surface area contributed by atoms with Crippen LogP contribution in [0, 0.1) is 17.8 Å². The van der Waals surface area contributed by atoms with Crippen LogP contribution in [0.3, 0.4) is 0 Å². The van der Waals surface area contributed by atoms with Crippen molar-refractivity contribution in [3.63, 3.8) is 0 Å². The maximum Gasteiger partial charge on any atom is 0.329 e.